The predicted octanol–water partition coefficient (Wildman–Crippen LogP) is 2.66. The molecule has 0 spiro atoms. The van der Waals surface area contributed by atoms with Crippen LogP contribution in [0.3, 0.4) is 0 Å². The summed E-state index contributed by atoms with van der Waals surface area (Å²) in [5, 5.41) is 10.9. The van der Waals surface area contributed by atoms with Crippen molar-refractivity contribution in [2.24, 2.45) is 7.05 Å². The third-order valence-electron chi connectivity index (χ3n) is 2.90. The Morgan fingerprint density at radius 1 is 1.47 bits per heavy atom. The van der Waals surface area contributed by atoms with Crippen LogP contribution in [0, 0.1) is 6.92 Å². The molecule has 3 nitrogen and oxygen atoms in total. The lowest BCUT2D eigenvalue weighted by atomic mass is 10.0. The van der Waals surface area contributed by atoms with Crippen molar-refractivity contribution >= 4 is 11.6 Å². The van der Waals surface area contributed by atoms with E-state index in [0.717, 1.165) is 17.0 Å². The number of nitrogens with zero attached hydrogens (tertiary/aromatic N) is 2. The number of imidazole rings is 1. The number of aliphatic hydroxyl groups excluding tert-OH is 1. The quantitative estimate of drug-likeness (QED) is 0.910. The highest BCUT2D eigenvalue weighted by atomic mass is 35.5. The molecule has 4 heteroatoms. The van der Waals surface area contributed by atoms with Crippen LogP contribution < -0.4 is 0 Å². The van der Waals surface area contributed by atoms with Crippen molar-refractivity contribution in [2.45, 2.75) is 19.4 Å². The number of rotatable bonds is 3. The Morgan fingerprint density at radius 3 is 2.88 bits per heavy atom. The average molecular weight is 251 g/mol. The molecule has 1 atom stereocenters. The van der Waals surface area contributed by atoms with Gasteiger partial charge in [0.15, 0.2) is 0 Å². The highest BCUT2D eigenvalue weighted by molar-refractivity contribution is 6.30. The normalized spacial score (nSPS) is 12.7. The zero-order chi connectivity index (χ0) is 12.4. The molecule has 17 heavy (non-hydrogen) atoms. The average Bonchev–Trinajstić information content (AvgIpc) is 2.68. The van der Waals surface area contributed by atoms with Crippen molar-refractivity contribution in [3.63, 3.8) is 0 Å². The van der Waals surface area contributed by atoms with E-state index in [0.29, 0.717) is 11.4 Å². The summed E-state index contributed by atoms with van der Waals surface area (Å²) < 4.78 is 1.91. The van der Waals surface area contributed by atoms with Gasteiger partial charge in [-0.2, -0.15) is 0 Å². The Balaban J connectivity index is 2.23. The maximum Gasteiger partial charge on any atom is 0.111 e. The molecule has 1 unspecified atom stereocenters. The Bertz CT molecular complexity index is 522. The van der Waals surface area contributed by atoms with Crippen molar-refractivity contribution in [3.8, 4) is 0 Å². The van der Waals surface area contributed by atoms with E-state index in [1.165, 1.54) is 0 Å². The second-order valence-corrected chi connectivity index (χ2v) is 4.61. The van der Waals surface area contributed by atoms with E-state index in [9.17, 15) is 5.11 Å². The maximum absolute atomic E-state index is 10.2. The fourth-order valence-electron chi connectivity index (χ4n) is 1.85. The molecule has 1 heterocycles. The number of aromatic nitrogens is 2. The lowest BCUT2D eigenvalue weighted by molar-refractivity contribution is 0.174. The summed E-state index contributed by atoms with van der Waals surface area (Å²) in [4.78, 5) is 4.20. The monoisotopic (exact) mass is 250 g/mol. The van der Waals surface area contributed by atoms with Crippen LogP contribution in [0.25, 0.3) is 0 Å². The third-order valence-corrected chi connectivity index (χ3v) is 3.13. The van der Waals surface area contributed by atoms with Crippen molar-refractivity contribution < 1.29 is 5.11 Å². The molecule has 1 N–H and O–H groups in total. The first-order chi connectivity index (χ1) is 8.08. The molecule has 90 valence electrons. The highest BCUT2D eigenvalue weighted by Gasteiger charge is 2.14. The highest BCUT2D eigenvalue weighted by Crippen LogP contribution is 2.24. The molecule has 0 radical (unpaired) electrons. The molecular formula is C13H15ClN2O. The molecule has 0 saturated carbocycles. The lowest BCUT2D eigenvalue weighted by Gasteiger charge is -2.14. The molecule has 0 bridgehead atoms. The van der Waals surface area contributed by atoms with Gasteiger partial charge in [0.2, 0.25) is 0 Å². The van der Waals surface area contributed by atoms with E-state index >= 15 is 0 Å². The van der Waals surface area contributed by atoms with Crippen LogP contribution in [-0.4, -0.2) is 14.7 Å². The Labute approximate surface area is 106 Å². The molecule has 0 aliphatic rings. The molecule has 0 aliphatic heterocycles. The second-order valence-electron chi connectivity index (χ2n) is 4.18. The van der Waals surface area contributed by atoms with Gasteiger partial charge >= 0.3 is 0 Å². The predicted molar refractivity (Wildman–Crippen MR) is 68.1 cm³/mol. The van der Waals surface area contributed by atoms with Gasteiger partial charge in [0.25, 0.3) is 0 Å². The van der Waals surface area contributed by atoms with E-state index in [4.69, 9.17) is 11.6 Å². The van der Waals surface area contributed by atoms with Gasteiger partial charge < -0.3 is 9.67 Å². The third kappa shape index (κ3) is 2.68. The maximum atomic E-state index is 10.2. The van der Waals surface area contributed by atoms with Crippen LogP contribution in [0.5, 0.6) is 0 Å². The van der Waals surface area contributed by atoms with Gasteiger partial charge in [0.1, 0.15) is 5.82 Å². The first kappa shape index (κ1) is 12.1. The molecule has 0 aliphatic carbocycles. The molecular weight excluding hydrogens is 236 g/mol. The van der Waals surface area contributed by atoms with Crippen molar-refractivity contribution in [2.75, 3.05) is 0 Å². The van der Waals surface area contributed by atoms with E-state index in [-0.39, 0.29) is 0 Å². The van der Waals surface area contributed by atoms with Gasteiger partial charge in [-0.15, -0.1) is 0 Å². The molecule has 1 aromatic heterocycles. The number of aryl methyl sites for hydroxylation is 2. The van der Waals surface area contributed by atoms with Crippen LogP contribution in [0.15, 0.2) is 30.6 Å². The first-order valence-corrected chi connectivity index (χ1v) is 5.86. The topological polar surface area (TPSA) is 38.1 Å². The number of aliphatic hydroxyl groups is 1. The van der Waals surface area contributed by atoms with Crippen molar-refractivity contribution in [3.05, 3.63) is 52.6 Å². The number of hydrogen-bond acceptors (Lipinski definition) is 2. The minimum Gasteiger partial charge on any atom is -0.388 e. The summed E-state index contributed by atoms with van der Waals surface area (Å²) in [6, 6.07) is 5.55. The standard InChI is InChI=1S/C13H15ClN2O/c1-9-3-4-10(14)7-11(9)12(17)8-13-15-5-6-16(13)2/h3-7,12,17H,8H2,1-2H3. The molecule has 1 aromatic carbocycles. The van der Waals surface area contributed by atoms with Gasteiger partial charge in [-0.1, -0.05) is 17.7 Å². The molecule has 0 amide bonds. The van der Waals surface area contributed by atoms with E-state index in [1.807, 2.05) is 42.9 Å². The number of benzene rings is 1. The minimum absolute atomic E-state index is 0.491. The fraction of sp³-hybridized carbons (Fsp3) is 0.308. The molecule has 0 saturated heterocycles. The Morgan fingerprint density at radius 2 is 2.24 bits per heavy atom. The van der Waals surface area contributed by atoms with Crippen LogP contribution in [-0.2, 0) is 13.5 Å². The smallest absolute Gasteiger partial charge is 0.111 e. The van der Waals surface area contributed by atoms with E-state index < -0.39 is 6.10 Å². The molecule has 0 fully saturated rings. The Kier molecular flexibility index (Phi) is 3.50. The van der Waals surface area contributed by atoms with Gasteiger partial charge in [0.05, 0.1) is 6.10 Å². The van der Waals surface area contributed by atoms with E-state index in [1.54, 1.807) is 6.20 Å². The van der Waals surface area contributed by atoms with Crippen LogP contribution >= 0.6 is 11.6 Å². The summed E-state index contributed by atoms with van der Waals surface area (Å²) in [5.41, 5.74) is 1.90. The summed E-state index contributed by atoms with van der Waals surface area (Å²) in [7, 11) is 1.92. The second kappa shape index (κ2) is 4.90. The summed E-state index contributed by atoms with van der Waals surface area (Å²) >= 11 is 5.94. The first-order valence-electron chi connectivity index (χ1n) is 5.48. The van der Waals surface area contributed by atoms with Crippen LogP contribution in [0.1, 0.15) is 23.1 Å². The van der Waals surface area contributed by atoms with Gasteiger partial charge in [-0.3, -0.25) is 0 Å². The fourth-order valence-corrected chi connectivity index (χ4v) is 2.03. The van der Waals surface area contributed by atoms with Crippen LogP contribution in [0.4, 0.5) is 0 Å². The summed E-state index contributed by atoms with van der Waals surface area (Å²) in [6.45, 7) is 1.97. The largest absolute Gasteiger partial charge is 0.388 e. The SMILES string of the molecule is Cc1ccc(Cl)cc1C(O)Cc1nccn1C. The van der Waals surface area contributed by atoms with Crippen molar-refractivity contribution in [1.29, 1.82) is 0 Å². The summed E-state index contributed by atoms with van der Waals surface area (Å²) in [6.07, 6.45) is 3.51. The van der Waals surface area contributed by atoms with Crippen LogP contribution in [0.2, 0.25) is 5.02 Å². The molecule has 2 aromatic rings. The van der Waals surface area contributed by atoms with Gasteiger partial charge in [0, 0.05) is 30.9 Å². The van der Waals surface area contributed by atoms with E-state index in [2.05, 4.69) is 4.98 Å². The summed E-state index contributed by atoms with van der Waals surface area (Å²) in [5.74, 6) is 0.858. The number of hydrogen-bond donors (Lipinski definition) is 1. The van der Waals surface area contributed by atoms with Gasteiger partial charge in [-0.05, 0) is 30.2 Å². The zero-order valence-corrected chi connectivity index (χ0v) is 10.6. The zero-order valence-electron chi connectivity index (χ0n) is 9.89. The van der Waals surface area contributed by atoms with Gasteiger partial charge in [-0.25, -0.2) is 4.98 Å². The molecule has 2 rings (SSSR count). The number of halogens is 1. The Hall–Kier alpha value is -1.32. The lowest BCUT2D eigenvalue weighted by Crippen LogP contribution is -2.08. The minimum atomic E-state index is -0.574. The van der Waals surface area contributed by atoms with Crippen molar-refractivity contribution in [1.82, 2.24) is 9.55 Å².